The van der Waals surface area contributed by atoms with Crippen molar-refractivity contribution in [3.8, 4) is 5.75 Å². The van der Waals surface area contributed by atoms with Gasteiger partial charge in [0.2, 0.25) is 0 Å². The zero-order valence-electron chi connectivity index (χ0n) is 10.8. The van der Waals surface area contributed by atoms with Crippen molar-refractivity contribution in [2.45, 2.75) is 31.6 Å². The maximum absolute atomic E-state index is 13.5. The van der Waals surface area contributed by atoms with Crippen molar-refractivity contribution in [3.05, 3.63) is 29.6 Å². The largest absolute Gasteiger partial charge is 0.496 e. The first-order valence-corrected chi connectivity index (χ1v) is 6.79. The van der Waals surface area contributed by atoms with E-state index in [1.54, 1.807) is 19.2 Å². The SMILES string of the molecule is COc1ccc(F)cc1C1CNCC12CCCC2. The summed E-state index contributed by atoms with van der Waals surface area (Å²) in [4.78, 5) is 0. The van der Waals surface area contributed by atoms with Crippen LogP contribution in [0.4, 0.5) is 4.39 Å². The average molecular weight is 249 g/mol. The van der Waals surface area contributed by atoms with Crippen molar-refractivity contribution in [3.63, 3.8) is 0 Å². The van der Waals surface area contributed by atoms with Crippen LogP contribution >= 0.6 is 0 Å². The molecule has 3 heteroatoms. The highest BCUT2D eigenvalue weighted by Crippen LogP contribution is 2.52. The van der Waals surface area contributed by atoms with Crippen LogP contribution in [0.2, 0.25) is 0 Å². The van der Waals surface area contributed by atoms with E-state index in [-0.39, 0.29) is 5.82 Å². The lowest BCUT2D eigenvalue weighted by Crippen LogP contribution is -2.25. The van der Waals surface area contributed by atoms with Crippen LogP contribution in [-0.4, -0.2) is 20.2 Å². The van der Waals surface area contributed by atoms with Crippen molar-refractivity contribution in [1.82, 2.24) is 5.32 Å². The van der Waals surface area contributed by atoms with E-state index in [0.717, 1.165) is 24.4 Å². The minimum Gasteiger partial charge on any atom is -0.496 e. The van der Waals surface area contributed by atoms with Gasteiger partial charge in [-0.3, -0.25) is 0 Å². The molecule has 2 aliphatic rings. The Kier molecular flexibility index (Phi) is 3.02. The van der Waals surface area contributed by atoms with Gasteiger partial charge in [0.05, 0.1) is 7.11 Å². The molecule has 0 radical (unpaired) electrons. The van der Waals surface area contributed by atoms with E-state index < -0.39 is 0 Å². The summed E-state index contributed by atoms with van der Waals surface area (Å²) < 4.78 is 19.0. The number of nitrogens with one attached hydrogen (secondary N) is 1. The first-order valence-electron chi connectivity index (χ1n) is 6.79. The van der Waals surface area contributed by atoms with Gasteiger partial charge >= 0.3 is 0 Å². The van der Waals surface area contributed by atoms with Gasteiger partial charge in [0.25, 0.3) is 0 Å². The zero-order valence-corrected chi connectivity index (χ0v) is 10.8. The van der Waals surface area contributed by atoms with E-state index in [1.165, 1.54) is 31.7 Å². The summed E-state index contributed by atoms with van der Waals surface area (Å²) >= 11 is 0. The van der Waals surface area contributed by atoms with Crippen LogP contribution in [-0.2, 0) is 0 Å². The molecule has 1 aliphatic carbocycles. The summed E-state index contributed by atoms with van der Waals surface area (Å²) in [5, 5.41) is 3.50. The summed E-state index contributed by atoms with van der Waals surface area (Å²) in [5.41, 5.74) is 1.38. The monoisotopic (exact) mass is 249 g/mol. The zero-order chi connectivity index (χ0) is 12.6. The van der Waals surface area contributed by atoms with Crippen LogP contribution in [0, 0.1) is 11.2 Å². The second-order valence-electron chi connectivity index (χ2n) is 5.64. The Morgan fingerprint density at radius 3 is 2.83 bits per heavy atom. The molecule has 1 aromatic rings. The van der Waals surface area contributed by atoms with Gasteiger partial charge in [0.1, 0.15) is 11.6 Å². The summed E-state index contributed by atoms with van der Waals surface area (Å²) in [6.45, 7) is 2.01. The Labute approximate surface area is 108 Å². The summed E-state index contributed by atoms with van der Waals surface area (Å²) in [7, 11) is 1.67. The molecular formula is C15H20FNO. The molecule has 1 saturated heterocycles. The van der Waals surface area contributed by atoms with Crippen molar-refractivity contribution >= 4 is 0 Å². The maximum Gasteiger partial charge on any atom is 0.123 e. The standard InChI is InChI=1S/C15H20FNO/c1-18-14-5-4-11(16)8-12(14)13-9-17-10-15(13)6-2-3-7-15/h4-5,8,13,17H,2-3,6-7,9-10H2,1H3. The second-order valence-corrected chi connectivity index (χ2v) is 5.64. The summed E-state index contributed by atoms with van der Waals surface area (Å²) in [6, 6.07) is 4.90. The fraction of sp³-hybridized carbons (Fsp3) is 0.600. The summed E-state index contributed by atoms with van der Waals surface area (Å²) in [5.74, 6) is 1.06. The Bertz CT molecular complexity index is 435. The van der Waals surface area contributed by atoms with Gasteiger partial charge in [-0.15, -0.1) is 0 Å². The molecule has 1 aliphatic heterocycles. The highest BCUT2D eigenvalue weighted by Gasteiger charge is 2.46. The Morgan fingerprint density at radius 2 is 2.11 bits per heavy atom. The van der Waals surface area contributed by atoms with Gasteiger partial charge < -0.3 is 10.1 Å². The molecule has 2 fully saturated rings. The van der Waals surface area contributed by atoms with Crippen molar-refractivity contribution in [1.29, 1.82) is 0 Å². The fourth-order valence-corrected chi connectivity index (χ4v) is 3.83. The molecule has 0 amide bonds. The van der Waals surface area contributed by atoms with Crippen LogP contribution in [0.15, 0.2) is 18.2 Å². The van der Waals surface area contributed by atoms with E-state index in [9.17, 15) is 4.39 Å². The van der Waals surface area contributed by atoms with Crippen molar-refractivity contribution in [2.75, 3.05) is 20.2 Å². The molecule has 0 bridgehead atoms. The molecule has 1 heterocycles. The van der Waals surface area contributed by atoms with Crippen LogP contribution in [0.5, 0.6) is 5.75 Å². The third-order valence-electron chi connectivity index (χ3n) is 4.73. The topological polar surface area (TPSA) is 21.3 Å². The van der Waals surface area contributed by atoms with Gasteiger partial charge in [-0.1, -0.05) is 12.8 Å². The summed E-state index contributed by atoms with van der Waals surface area (Å²) in [6.07, 6.45) is 5.11. The van der Waals surface area contributed by atoms with Crippen LogP contribution < -0.4 is 10.1 Å². The lowest BCUT2D eigenvalue weighted by atomic mass is 9.73. The highest BCUT2D eigenvalue weighted by atomic mass is 19.1. The molecule has 1 atom stereocenters. The van der Waals surface area contributed by atoms with Crippen molar-refractivity contribution < 1.29 is 9.13 Å². The third kappa shape index (κ3) is 1.81. The number of hydrogen-bond acceptors (Lipinski definition) is 2. The van der Waals surface area contributed by atoms with Crippen LogP contribution in [0.25, 0.3) is 0 Å². The predicted molar refractivity (Wildman–Crippen MR) is 69.5 cm³/mol. The van der Waals surface area contributed by atoms with E-state index in [0.29, 0.717) is 11.3 Å². The van der Waals surface area contributed by atoms with E-state index in [1.807, 2.05) is 0 Å². The third-order valence-corrected chi connectivity index (χ3v) is 4.73. The Hall–Kier alpha value is -1.09. The predicted octanol–water partition coefficient (Wildman–Crippen LogP) is 3.08. The van der Waals surface area contributed by atoms with Crippen molar-refractivity contribution in [2.24, 2.45) is 5.41 Å². The lowest BCUT2D eigenvalue weighted by Gasteiger charge is -2.31. The molecule has 18 heavy (non-hydrogen) atoms. The number of rotatable bonds is 2. The average Bonchev–Trinajstić information content (AvgIpc) is 3.00. The van der Waals surface area contributed by atoms with Gasteiger partial charge in [0.15, 0.2) is 0 Å². The molecule has 1 aromatic carbocycles. The minimum absolute atomic E-state index is 0.161. The molecule has 98 valence electrons. The second kappa shape index (κ2) is 4.54. The molecule has 1 N–H and O–H groups in total. The molecule has 3 rings (SSSR count). The van der Waals surface area contributed by atoms with E-state index >= 15 is 0 Å². The van der Waals surface area contributed by atoms with E-state index in [4.69, 9.17) is 4.74 Å². The first-order chi connectivity index (χ1) is 8.75. The minimum atomic E-state index is -0.161. The Balaban J connectivity index is 2.00. The number of benzene rings is 1. The highest BCUT2D eigenvalue weighted by molar-refractivity contribution is 5.39. The Morgan fingerprint density at radius 1 is 1.33 bits per heavy atom. The number of methoxy groups -OCH3 is 1. The normalized spacial score (nSPS) is 25.8. The first kappa shape index (κ1) is 12.0. The molecular weight excluding hydrogens is 229 g/mol. The van der Waals surface area contributed by atoms with E-state index in [2.05, 4.69) is 5.32 Å². The molecule has 2 nitrogen and oxygen atoms in total. The van der Waals surface area contributed by atoms with Crippen LogP contribution in [0.1, 0.15) is 37.2 Å². The lowest BCUT2D eigenvalue weighted by molar-refractivity contribution is 0.287. The quantitative estimate of drug-likeness (QED) is 0.869. The molecule has 1 saturated carbocycles. The maximum atomic E-state index is 13.5. The molecule has 0 aromatic heterocycles. The number of hydrogen-bond donors (Lipinski definition) is 1. The smallest absolute Gasteiger partial charge is 0.123 e. The van der Waals surface area contributed by atoms with Gasteiger partial charge in [-0.05, 0) is 36.5 Å². The molecule has 1 unspecified atom stereocenters. The number of halogens is 1. The van der Waals surface area contributed by atoms with Crippen LogP contribution in [0.3, 0.4) is 0 Å². The van der Waals surface area contributed by atoms with Gasteiger partial charge in [-0.2, -0.15) is 0 Å². The number of ether oxygens (including phenoxy) is 1. The van der Waals surface area contributed by atoms with Gasteiger partial charge in [-0.25, -0.2) is 4.39 Å². The van der Waals surface area contributed by atoms with Gasteiger partial charge in [0, 0.05) is 24.6 Å². The molecule has 1 spiro atoms. The fourth-order valence-electron chi connectivity index (χ4n) is 3.83.